The minimum Gasteiger partial charge on any atom is -0.508 e. The normalized spacial score (nSPS) is 30.5. The average Bonchev–Trinajstić information content (AvgIpc) is 3.17. The SMILES string of the molecule is COc1cc(C2Oc3cc(O)cc(O[C@@H]4OC(CO)[C@@H](O)[C@H](O)C4C)c3C=C2O[C@@H]2O[C@H](COC(=O)/C=C/c3ccc(O)cc3)[C@@H](O)[C@H](O)[C@H]2O)ccc1O. The van der Waals surface area contributed by atoms with Gasteiger partial charge < -0.3 is 79.1 Å². The Balaban J connectivity index is 1.29. The van der Waals surface area contributed by atoms with Gasteiger partial charge in [0.25, 0.3) is 0 Å². The van der Waals surface area contributed by atoms with E-state index in [4.69, 9.17) is 33.2 Å². The van der Waals surface area contributed by atoms with Crippen LogP contribution in [0.3, 0.4) is 0 Å². The van der Waals surface area contributed by atoms with Crippen molar-refractivity contribution in [1.82, 2.24) is 0 Å². The number of fused-ring (bicyclic) bond motifs is 1. The number of aliphatic hydroxyl groups excluding tert-OH is 6. The summed E-state index contributed by atoms with van der Waals surface area (Å²) in [6.07, 6.45) is -10.8. The highest BCUT2D eigenvalue weighted by Gasteiger charge is 2.47. The van der Waals surface area contributed by atoms with Gasteiger partial charge in [0.15, 0.2) is 17.6 Å². The van der Waals surface area contributed by atoms with E-state index in [0.29, 0.717) is 11.1 Å². The molecule has 3 aromatic rings. The van der Waals surface area contributed by atoms with Crippen LogP contribution in [-0.4, -0.2) is 128 Å². The van der Waals surface area contributed by atoms with E-state index in [2.05, 4.69) is 0 Å². The van der Waals surface area contributed by atoms with Gasteiger partial charge >= 0.3 is 5.97 Å². The zero-order valence-corrected chi connectivity index (χ0v) is 29.5. The summed E-state index contributed by atoms with van der Waals surface area (Å²) in [4.78, 5) is 12.5. The maximum atomic E-state index is 12.5. The van der Waals surface area contributed by atoms with Gasteiger partial charge in [-0.2, -0.15) is 0 Å². The zero-order chi connectivity index (χ0) is 39.6. The minimum absolute atomic E-state index is 0.0410. The number of ether oxygens (including phenoxy) is 7. The number of methoxy groups -OCH3 is 1. The fraction of sp³-hybridized carbons (Fsp3) is 0.395. The smallest absolute Gasteiger partial charge is 0.330 e. The van der Waals surface area contributed by atoms with Crippen LogP contribution in [0.2, 0.25) is 0 Å². The Labute approximate surface area is 314 Å². The maximum Gasteiger partial charge on any atom is 0.330 e. The molecule has 9 N–H and O–H groups in total. The van der Waals surface area contributed by atoms with Crippen LogP contribution in [0.25, 0.3) is 12.2 Å². The lowest BCUT2D eigenvalue weighted by Crippen LogP contribution is -2.59. The standard InChI is InChI=1S/C38H42O17/c1-17-31(44)32(45)28(15-39)54-37(17)52-25-13-21(41)12-24-22(25)14-27(36(51-24)19-6-9-23(42)26(11-19)49-2)53-38-35(48)34(47)33(46)29(55-38)16-50-30(43)10-5-18-3-7-20(40)8-4-18/h3-14,17,28-29,31-42,44-48H,15-16H2,1-2H3/b10-5+/t17?,28?,29-,31-,32-,33-,34+,35-,36?,37-,38-/m1/s1. The monoisotopic (exact) mass is 770 g/mol. The Morgan fingerprint density at radius 1 is 0.782 bits per heavy atom. The molecule has 55 heavy (non-hydrogen) atoms. The average molecular weight is 771 g/mol. The first-order valence-electron chi connectivity index (χ1n) is 17.2. The molecule has 11 atom stereocenters. The molecule has 3 unspecified atom stereocenters. The Morgan fingerprint density at radius 2 is 1.49 bits per heavy atom. The molecule has 0 aromatic heterocycles. The molecule has 0 spiro atoms. The predicted octanol–water partition coefficient (Wildman–Crippen LogP) is 0.821. The summed E-state index contributed by atoms with van der Waals surface area (Å²) in [7, 11) is 1.34. The molecular weight excluding hydrogens is 728 g/mol. The zero-order valence-electron chi connectivity index (χ0n) is 29.5. The van der Waals surface area contributed by atoms with Crippen LogP contribution in [0, 0.1) is 5.92 Å². The second-order valence-corrected chi connectivity index (χ2v) is 13.2. The quantitative estimate of drug-likeness (QED) is 0.0965. The van der Waals surface area contributed by atoms with E-state index in [9.17, 15) is 50.8 Å². The van der Waals surface area contributed by atoms with Gasteiger partial charge in [-0.05, 0) is 42.0 Å². The topological polar surface area (TPSA) is 264 Å². The van der Waals surface area contributed by atoms with E-state index in [0.717, 1.165) is 6.08 Å². The lowest BCUT2D eigenvalue weighted by atomic mass is 9.92. The van der Waals surface area contributed by atoms with Crippen molar-refractivity contribution in [2.24, 2.45) is 5.92 Å². The number of carbonyl (C=O) groups is 1. The number of rotatable bonds is 11. The van der Waals surface area contributed by atoms with Gasteiger partial charge in [-0.1, -0.05) is 25.1 Å². The molecule has 3 aromatic carbocycles. The summed E-state index contributed by atoms with van der Waals surface area (Å²) < 4.78 is 40.6. The van der Waals surface area contributed by atoms with Crippen molar-refractivity contribution in [2.45, 2.75) is 68.3 Å². The van der Waals surface area contributed by atoms with E-state index >= 15 is 0 Å². The third-order valence-corrected chi connectivity index (χ3v) is 9.43. The second-order valence-electron chi connectivity index (χ2n) is 13.2. The fourth-order valence-corrected chi connectivity index (χ4v) is 6.24. The number of phenols is 3. The number of hydrogen-bond acceptors (Lipinski definition) is 17. The van der Waals surface area contributed by atoms with E-state index < -0.39 is 86.5 Å². The first-order valence-corrected chi connectivity index (χ1v) is 17.2. The van der Waals surface area contributed by atoms with Crippen molar-refractivity contribution in [3.8, 4) is 34.5 Å². The first kappa shape index (κ1) is 39.6. The molecule has 0 radical (unpaired) electrons. The Kier molecular flexibility index (Phi) is 12.0. The Bertz CT molecular complexity index is 1880. The Morgan fingerprint density at radius 3 is 2.20 bits per heavy atom. The van der Waals surface area contributed by atoms with E-state index in [1.165, 1.54) is 61.7 Å². The molecule has 17 heteroatoms. The van der Waals surface area contributed by atoms with Gasteiger partial charge in [0.1, 0.15) is 72.0 Å². The third kappa shape index (κ3) is 8.59. The lowest BCUT2D eigenvalue weighted by Gasteiger charge is -2.41. The van der Waals surface area contributed by atoms with Crippen molar-refractivity contribution in [3.63, 3.8) is 0 Å². The van der Waals surface area contributed by atoms with Gasteiger partial charge in [0.2, 0.25) is 12.6 Å². The number of esters is 1. The van der Waals surface area contributed by atoms with Crippen LogP contribution in [0.1, 0.15) is 29.7 Å². The fourth-order valence-electron chi connectivity index (χ4n) is 6.24. The molecule has 2 saturated heterocycles. The highest BCUT2D eigenvalue weighted by atomic mass is 16.7. The Hall–Kier alpha value is -5.11. The van der Waals surface area contributed by atoms with Gasteiger partial charge in [0.05, 0.1) is 25.4 Å². The molecule has 296 valence electrons. The van der Waals surface area contributed by atoms with Crippen LogP contribution in [0.15, 0.2) is 66.4 Å². The molecule has 2 fully saturated rings. The summed E-state index contributed by atoms with van der Waals surface area (Å²) in [5.41, 5.74) is 1.11. The van der Waals surface area contributed by atoms with Crippen LogP contribution in [-0.2, 0) is 23.7 Å². The molecule has 0 aliphatic carbocycles. The van der Waals surface area contributed by atoms with Gasteiger partial charge in [-0.3, -0.25) is 0 Å². The molecule has 17 nitrogen and oxygen atoms in total. The van der Waals surface area contributed by atoms with Crippen molar-refractivity contribution >= 4 is 18.1 Å². The van der Waals surface area contributed by atoms with Crippen molar-refractivity contribution in [1.29, 1.82) is 0 Å². The van der Waals surface area contributed by atoms with E-state index in [1.807, 2.05) is 0 Å². The second kappa shape index (κ2) is 16.7. The summed E-state index contributed by atoms with van der Waals surface area (Å²) in [6, 6.07) is 12.8. The highest BCUT2D eigenvalue weighted by molar-refractivity contribution is 5.87. The van der Waals surface area contributed by atoms with Gasteiger partial charge in [0, 0.05) is 29.7 Å². The molecular formula is C38H42O17. The number of aliphatic hydroxyl groups is 6. The summed E-state index contributed by atoms with van der Waals surface area (Å²) >= 11 is 0. The molecule has 0 amide bonds. The molecule has 6 rings (SSSR count). The maximum absolute atomic E-state index is 12.5. The number of carbonyl (C=O) groups excluding carboxylic acids is 1. The summed E-state index contributed by atoms with van der Waals surface area (Å²) in [5.74, 6) is -2.04. The summed E-state index contributed by atoms with van der Waals surface area (Å²) in [5, 5.41) is 93.6. The van der Waals surface area contributed by atoms with Crippen molar-refractivity contribution in [3.05, 3.63) is 83.1 Å². The third-order valence-electron chi connectivity index (χ3n) is 9.43. The number of phenolic OH excluding ortho intramolecular Hbond substituents is 3. The molecule has 3 aliphatic heterocycles. The van der Waals surface area contributed by atoms with Crippen molar-refractivity contribution in [2.75, 3.05) is 20.3 Å². The first-order chi connectivity index (χ1) is 26.3. The number of aromatic hydroxyl groups is 3. The van der Waals surface area contributed by atoms with E-state index in [1.54, 1.807) is 19.1 Å². The minimum atomic E-state index is -1.84. The highest BCUT2D eigenvalue weighted by Crippen LogP contribution is 2.46. The lowest BCUT2D eigenvalue weighted by molar-refractivity contribution is -0.294. The number of benzene rings is 3. The van der Waals surface area contributed by atoms with Crippen LogP contribution >= 0.6 is 0 Å². The molecule has 3 aliphatic rings. The van der Waals surface area contributed by atoms with Crippen LogP contribution < -0.4 is 14.2 Å². The summed E-state index contributed by atoms with van der Waals surface area (Å²) in [6.45, 7) is 0.368. The van der Waals surface area contributed by atoms with Crippen molar-refractivity contribution < 1.29 is 83.9 Å². The molecule has 0 saturated carbocycles. The van der Waals surface area contributed by atoms with Gasteiger partial charge in [-0.25, -0.2) is 4.79 Å². The molecule has 0 bridgehead atoms. The molecule has 3 heterocycles. The van der Waals surface area contributed by atoms with Crippen LogP contribution in [0.5, 0.6) is 34.5 Å². The largest absolute Gasteiger partial charge is 0.508 e. The van der Waals surface area contributed by atoms with Gasteiger partial charge in [-0.15, -0.1) is 0 Å². The number of hydrogen-bond donors (Lipinski definition) is 9. The van der Waals surface area contributed by atoms with Crippen LogP contribution in [0.4, 0.5) is 0 Å². The predicted molar refractivity (Wildman–Crippen MR) is 188 cm³/mol. The van der Waals surface area contributed by atoms with E-state index in [-0.39, 0.29) is 45.8 Å².